The first-order valence-electron chi connectivity index (χ1n) is 9.02. The predicted octanol–water partition coefficient (Wildman–Crippen LogP) is 2.13. The fourth-order valence-corrected chi connectivity index (χ4v) is 3.21. The standard InChI is InChI=1S/C19H27N5O2S.HI/c1-3-20-19(23-11-16(12-25)15-7-5-4-6-8-15)22-10-9-21-18(26)17-14(2)24-13-27-17;/h4-8,13,16,25H,3,9-12H2,1-2H3,(H,21,26)(H2,20,22,23);1H. The number of benzene rings is 1. The number of aryl methyl sites for hydroxylation is 1. The summed E-state index contributed by atoms with van der Waals surface area (Å²) in [6, 6.07) is 9.85. The highest BCUT2D eigenvalue weighted by molar-refractivity contribution is 14.0. The number of aliphatic hydroxyl groups excluding tert-OH is 1. The van der Waals surface area contributed by atoms with E-state index in [0.717, 1.165) is 17.8 Å². The highest BCUT2D eigenvalue weighted by atomic mass is 127. The number of nitrogens with one attached hydrogen (secondary N) is 3. The molecular weight excluding hydrogens is 489 g/mol. The van der Waals surface area contributed by atoms with Crippen LogP contribution in [0.2, 0.25) is 0 Å². The van der Waals surface area contributed by atoms with Crippen LogP contribution < -0.4 is 16.0 Å². The number of thiazole rings is 1. The van der Waals surface area contributed by atoms with Crippen molar-refractivity contribution in [2.45, 2.75) is 19.8 Å². The lowest BCUT2D eigenvalue weighted by atomic mass is 10.0. The quantitative estimate of drug-likeness (QED) is 0.177. The fraction of sp³-hybridized carbons (Fsp3) is 0.421. The van der Waals surface area contributed by atoms with E-state index >= 15 is 0 Å². The number of rotatable bonds is 9. The average Bonchev–Trinajstić information content (AvgIpc) is 3.12. The lowest BCUT2D eigenvalue weighted by Gasteiger charge is -2.15. The molecule has 1 aromatic heterocycles. The minimum Gasteiger partial charge on any atom is -0.396 e. The normalized spacial score (nSPS) is 12.0. The predicted molar refractivity (Wildman–Crippen MR) is 125 cm³/mol. The summed E-state index contributed by atoms with van der Waals surface area (Å²) in [5.41, 5.74) is 3.48. The molecule has 0 saturated carbocycles. The minimum atomic E-state index is -0.108. The number of halogens is 1. The summed E-state index contributed by atoms with van der Waals surface area (Å²) in [7, 11) is 0. The van der Waals surface area contributed by atoms with Gasteiger partial charge in [-0.3, -0.25) is 9.79 Å². The molecule has 154 valence electrons. The Balaban J connectivity index is 0.00000392. The Hall–Kier alpha value is -1.72. The van der Waals surface area contributed by atoms with Crippen LogP contribution in [-0.2, 0) is 0 Å². The van der Waals surface area contributed by atoms with E-state index in [1.54, 1.807) is 5.51 Å². The number of hydrogen-bond acceptors (Lipinski definition) is 5. The average molecular weight is 517 g/mol. The molecule has 0 aliphatic heterocycles. The molecule has 0 spiro atoms. The summed E-state index contributed by atoms with van der Waals surface area (Å²) in [5.74, 6) is 0.508. The molecule has 1 atom stereocenters. The zero-order valence-electron chi connectivity index (χ0n) is 16.1. The summed E-state index contributed by atoms with van der Waals surface area (Å²) < 4.78 is 0. The van der Waals surface area contributed by atoms with Crippen LogP contribution in [-0.4, -0.2) is 54.7 Å². The van der Waals surface area contributed by atoms with Gasteiger partial charge in [0.2, 0.25) is 0 Å². The lowest BCUT2D eigenvalue weighted by molar-refractivity contribution is 0.0957. The lowest BCUT2D eigenvalue weighted by Crippen LogP contribution is -2.41. The van der Waals surface area contributed by atoms with Crippen LogP contribution in [0, 0.1) is 6.92 Å². The third-order valence-electron chi connectivity index (χ3n) is 3.96. The van der Waals surface area contributed by atoms with E-state index in [2.05, 4.69) is 25.9 Å². The van der Waals surface area contributed by atoms with E-state index in [9.17, 15) is 9.90 Å². The maximum atomic E-state index is 12.1. The maximum absolute atomic E-state index is 12.1. The van der Waals surface area contributed by atoms with Crippen molar-refractivity contribution in [2.75, 3.05) is 32.8 Å². The highest BCUT2D eigenvalue weighted by Crippen LogP contribution is 2.15. The molecule has 1 heterocycles. The molecule has 0 bridgehead atoms. The molecule has 9 heteroatoms. The van der Waals surface area contributed by atoms with Gasteiger partial charge in [0.15, 0.2) is 5.96 Å². The molecular formula is C19H28IN5O2S. The van der Waals surface area contributed by atoms with Crippen LogP contribution in [0.15, 0.2) is 40.8 Å². The molecule has 28 heavy (non-hydrogen) atoms. The van der Waals surface area contributed by atoms with Gasteiger partial charge >= 0.3 is 0 Å². The molecule has 1 aromatic carbocycles. The van der Waals surface area contributed by atoms with Crippen LogP contribution in [0.25, 0.3) is 0 Å². The van der Waals surface area contributed by atoms with Crippen molar-refractivity contribution >= 4 is 47.2 Å². The second kappa shape index (κ2) is 13.5. The van der Waals surface area contributed by atoms with Gasteiger partial charge in [-0.05, 0) is 19.4 Å². The molecule has 0 aliphatic carbocycles. The summed E-state index contributed by atoms with van der Waals surface area (Å²) in [6.07, 6.45) is 0. The van der Waals surface area contributed by atoms with Crippen LogP contribution in [0.1, 0.15) is 33.8 Å². The molecule has 4 N–H and O–H groups in total. The van der Waals surface area contributed by atoms with Gasteiger partial charge in [-0.15, -0.1) is 35.3 Å². The molecule has 7 nitrogen and oxygen atoms in total. The van der Waals surface area contributed by atoms with Gasteiger partial charge in [0.05, 0.1) is 24.4 Å². The number of aromatic nitrogens is 1. The molecule has 0 aliphatic rings. The Kier molecular flexibility index (Phi) is 11.7. The first-order chi connectivity index (χ1) is 13.2. The molecule has 0 saturated heterocycles. The molecule has 0 radical (unpaired) electrons. The van der Waals surface area contributed by atoms with Crippen molar-refractivity contribution in [1.82, 2.24) is 20.9 Å². The highest BCUT2D eigenvalue weighted by Gasteiger charge is 2.11. The van der Waals surface area contributed by atoms with Crippen molar-refractivity contribution in [3.05, 3.63) is 52.0 Å². The van der Waals surface area contributed by atoms with E-state index in [1.165, 1.54) is 11.3 Å². The number of aliphatic hydroxyl groups is 1. The van der Waals surface area contributed by atoms with Gasteiger partial charge in [0.25, 0.3) is 5.91 Å². The van der Waals surface area contributed by atoms with E-state index in [4.69, 9.17) is 0 Å². The number of carbonyl (C=O) groups excluding carboxylic acids is 1. The Morgan fingerprint density at radius 2 is 1.93 bits per heavy atom. The smallest absolute Gasteiger partial charge is 0.263 e. The van der Waals surface area contributed by atoms with E-state index in [0.29, 0.717) is 30.5 Å². The topological polar surface area (TPSA) is 98.6 Å². The first-order valence-corrected chi connectivity index (χ1v) is 9.90. The van der Waals surface area contributed by atoms with Crippen molar-refractivity contribution < 1.29 is 9.90 Å². The number of nitrogens with zero attached hydrogens (tertiary/aromatic N) is 2. The molecule has 1 amide bonds. The minimum absolute atomic E-state index is 0. The van der Waals surface area contributed by atoms with Crippen molar-refractivity contribution in [1.29, 1.82) is 0 Å². The van der Waals surface area contributed by atoms with Crippen LogP contribution in [0.5, 0.6) is 0 Å². The Bertz CT molecular complexity index is 739. The third-order valence-corrected chi connectivity index (χ3v) is 4.89. The van der Waals surface area contributed by atoms with E-state index < -0.39 is 0 Å². The zero-order chi connectivity index (χ0) is 19.5. The van der Waals surface area contributed by atoms with Gasteiger partial charge in [-0.25, -0.2) is 4.98 Å². The van der Waals surface area contributed by atoms with E-state index in [-0.39, 0.29) is 42.4 Å². The molecule has 1 unspecified atom stereocenters. The Morgan fingerprint density at radius 1 is 1.21 bits per heavy atom. The van der Waals surface area contributed by atoms with Crippen LogP contribution in [0.4, 0.5) is 0 Å². The van der Waals surface area contributed by atoms with E-state index in [1.807, 2.05) is 44.2 Å². The number of guanidine groups is 1. The summed E-state index contributed by atoms with van der Waals surface area (Å²) in [4.78, 5) is 21.3. The van der Waals surface area contributed by atoms with Gasteiger partial charge in [-0.1, -0.05) is 30.3 Å². The summed E-state index contributed by atoms with van der Waals surface area (Å²) >= 11 is 1.34. The number of hydrogen-bond donors (Lipinski definition) is 4. The molecule has 0 fully saturated rings. The van der Waals surface area contributed by atoms with Crippen LogP contribution >= 0.6 is 35.3 Å². The number of aliphatic imine (C=N–C) groups is 1. The van der Waals surface area contributed by atoms with Crippen molar-refractivity contribution in [3.8, 4) is 0 Å². The number of amides is 1. The monoisotopic (exact) mass is 517 g/mol. The largest absolute Gasteiger partial charge is 0.396 e. The van der Waals surface area contributed by atoms with Gasteiger partial charge < -0.3 is 21.1 Å². The maximum Gasteiger partial charge on any atom is 0.263 e. The molecule has 2 aromatic rings. The van der Waals surface area contributed by atoms with Gasteiger partial charge in [0.1, 0.15) is 4.88 Å². The Morgan fingerprint density at radius 3 is 2.54 bits per heavy atom. The number of carbonyl (C=O) groups is 1. The first kappa shape index (κ1) is 24.3. The van der Waals surface area contributed by atoms with Crippen molar-refractivity contribution in [2.24, 2.45) is 4.99 Å². The summed E-state index contributed by atoms with van der Waals surface area (Å²) in [5, 5.41) is 18.9. The molecule has 2 rings (SSSR count). The van der Waals surface area contributed by atoms with Gasteiger partial charge in [-0.2, -0.15) is 0 Å². The van der Waals surface area contributed by atoms with Gasteiger partial charge in [0, 0.05) is 25.6 Å². The van der Waals surface area contributed by atoms with Crippen molar-refractivity contribution in [3.63, 3.8) is 0 Å². The second-order valence-corrected chi connectivity index (χ2v) is 6.81. The van der Waals surface area contributed by atoms with Crippen LogP contribution in [0.3, 0.4) is 0 Å². The zero-order valence-corrected chi connectivity index (χ0v) is 19.3. The fourth-order valence-electron chi connectivity index (χ4n) is 2.49. The third kappa shape index (κ3) is 7.72. The Labute approximate surface area is 187 Å². The second-order valence-electron chi connectivity index (χ2n) is 5.96. The summed E-state index contributed by atoms with van der Waals surface area (Å²) in [6.45, 7) is 6.08. The SMILES string of the molecule is CCNC(=NCC(CO)c1ccccc1)NCCNC(=O)c1scnc1C.I.